The summed E-state index contributed by atoms with van der Waals surface area (Å²) in [7, 11) is 1.71. The largest absolute Gasteiger partial charge is 0.496 e. The predicted molar refractivity (Wildman–Crippen MR) is 77.6 cm³/mol. The second-order valence-corrected chi connectivity index (χ2v) is 5.22. The van der Waals surface area contributed by atoms with Crippen LogP contribution in [0.1, 0.15) is 43.4 Å². The molecule has 0 amide bonds. The van der Waals surface area contributed by atoms with Gasteiger partial charge in [0, 0.05) is 0 Å². The smallest absolute Gasteiger partial charge is 0.122 e. The van der Waals surface area contributed by atoms with E-state index in [9.17, 15) is 5.11 Å². The number of hydrogen-bond donors (Lipinski definition) is 1. The predicted octanol–water partition coefficient (Wildman–Crippen LogP) is 2.78. The minimum Gasteiger partial charge on any atom is -0.496 e. The van der Waals surface area contributed by atoms with Gasteiger partial charge in [-0.15, -0.1) is 0 Å². The molecule has 0 aromatic heterocycles. The lowest BCUT2D eigenvalue weighted by Gasteiger charge is -2.34. The van der Waals surface area contributed by atoms with E-state index in [2.05, 4.69) is 24.0 Å². The standard InChI is InChI=1S/C16H25NO2/c1-3-13-11-14(7-8-16(13)19-2)15(12-18)17-9-5-4-6-10-17/h7-8,11,15,18H,3-6,9-10,12H2,1-2H3. The molecule has 1 aliphatic heterocycles. The van der Waals surface area contributed by atoms with Gasteiger partial charge < -0.3 is 9.84 Å². The monoisotopic (exact) mass is 263 g/mol. The number of methoxy groups -OCH3 is 1. The van der Waals surface area contributed by atoms with Crippen LogP contribution in [-0.2, 0) is 6.42 Å². The fourth-order valence-corrected chi connectivity index (χ4v) is 2.94. The van der Waals surface area contributed by atoms with Gasteiger partial charge in [-0.1, -0.05) is 25.5 Å². The van der Waals surface area contributed by atoms with Gasteiger partial charge in [0.1, 0.15) is 5.75 Å². The van der Waals surface area contributed by atoms with Gasteiger partial charge in [-0.25, -0.2) is 0 Å². The van der Waals surface area contributed by atoms with Gasteiger partial charge in [-0.2, -0.15) is 0 Å². The van der Waals surface area contributed by atoms with Crippen LogP contribution in [0, 0.1) is 0 Å². The molecule has 0 bridgehead atoms. The van der Waals surface area contributed by atoms with Gasteiger partial charge in [-0.3, -0.25) is 4.90 Å². The summed E-state index contributed by atoms with van der Waals surface area (Å²) in [6.07, 6.45) is 4.76. The van der Waals surface area contributed by atoms with Crippen LogP contribution >= 0.6 is 0 Å². The number of ether oxygens (including phenoxy) is 1. The van der Waals surface area contributed by atoms with Crippen LogP contribution < -0.4 is 4.74 Å². The maximum absolute atomic E-state index is 9.75. The maximum Gasteiger partial charge on any atom is 0.122 e. The molecule has 0 aliphatic carbocycles. The molecule has 1 saturated heterocycles. The van der Waals surface area contributed by atoms with E-state index >= 15 is 0 Å². The fourth-order valence-electron chi connectivity index (χ4n) is 2.94. The van der Waals surface area contributed by atoms with Crippen molar-refractivity contribution < 1.29 is 9.84 Å². The molecular weight excluding hydrogens is 238 g/mol. The first-order valence-corrected chi connectivity index (χ1v) is 7.31. The van der Waals surface area contributed by atoms with Gasteiger partial charge in [0.05, 0.1) is 19.8 Å². The Morgan fingerprint density at radius 3 is 2.58 bits per heavy atom. The third-order valence-corrected chi connectivity index (χ3v) is 4.07. The number of rotatable bonds is 5. The molecule has 0 spiro atoms. The molecule has 1 heterocycles. The molecule has 1 unspecified atom stereocenters. The Morgan fingerprint density at radius 1 is 1.26 bits per heavy atom. The lowest BCUT2D eigenvalue weighted by molar-refractivity contribution is 0.104. The zero-order chi connectivity index (χ0) is 13.7. The van der Waals surface area contributed by atoms with E-state index in [0.29, 0.717) is 0 Å². The number of piperidine rings is 1. The lowest BCUT2D eigenvalue weighted by atomic mass is 9.99. The Hall–Kier alpha value is -1.06. The van der Waals surface area contributed by atoms with Crippen LogP contribution in [0.4, 0.5) is 0 Å². The van der Waals surface area contributed by atoms with Crippen molar-refractivity contribution in [1.82, 2.24) is 4.90 Å². The maximum atomic E-state index is 9.75. The highest BCUT2D eigenvalue weighted by atomic mass is 16.5. The minimum atomic E-state index is 0.136. The summed E-state index contributed by atoms with van der Waals surface area (Å²) >= 11 is 0. The average Bonchev–Trinajstić information content (AvgIpc) is 2.49. The molecule has 1 aromatic rings. The second kappa shape index (κ2) is 6.92. The van der Waals surface area contributed by atoms with Crippen molar-refractivity contribution in [3.05, 3.63) is 29.3 Å². The molecule has 3 nitrogen and oxygen atoms in total. The first-order valence-electron chi connectivity index (χ1n) is 7.31. The summed E-state index contributed by atoms with van der Waals surface area (Å²) in [4.78, 5) is 2.41. The Morgan fingerprint density at radius 2 is 2.00 bits per heavy atom. The van der Waals surface area contributed by atoms with E-state index in [-0.39, 0.29) is 12.6 Å². The highest BCUT2D eigenvalue weighted by Crippen LogP contribution is 2.28. The zero-order valence-electron chi connectivity index (χ0n) is 12.1. The number of hydrogen-bond acceptors (Lipinski definition) is 3. The van der Waals surface area contributed by atoms with Crippen LogP contribution in [0.25, 0.3) is 0 Å². The molecule has 3 heteroatoms. The van der Waals surface area contributed by atoms with Crippen LogP contribution in [0.15, 0.2) is 18.2 Å². The highest BCUT2D eigenvalue weighted by Gasteiger charge is 2.22. The van der Waals surface area contributed by atoms with E-state index in [0.717, 1.165) is 25.3 Å². The van der Waals surface area contributed by atoms with Gasteiger partial charge in [-0.05, 0) is 49.5 Å². The van der Waals surface area contributed by atoms with Crippen molar-refractivity contribution in [2.75, 3.05) is 26.8 Å². The zero-order valence-corrected chi connectivity index (χ0v) is 12.1. The summed E-state index contributed by atoms with van der Waals surface area (Å²) in [5, 5.41) is 9.75. The molecule has 0 saturated carbocycles. The van der Waals surface area contributed by atoms with E-state index in [1.807, 2.05) is 6.07 Å². The Labute approximate surface area is 116 Å². The quantitative estimate of drug-likeness (QED) is 0.886. The first-order chi connectivity index (χ1) is 9.30. The SMILES string of the molecule is CCc1cc(C(CO)N2CCCCC2)ccc1OC. The molecule has 1 aliphatic rings. The van der Waals surface area contributed by atoms with Crippen molar-refractivity contribution in [1.29, 1.82) is 0 Å². The third-order valence-electron chi connectivity index (χ3n) is 4.07. The van der Waals surface area contributed by atoms with Crippen LogP contribution in [0.5, 0.6) is 5.75 Å². The number of aryl methyl sites for hydroxylation is 1. The highest BCUT2D eigenvalue weighted by molar-refractivity contribution is 5.38. The second-order valence-electron chi connectivity index (χ2n) is 5.22. The van der Waals surface area contributed by atoms with Crippen molar-refractivity contribution >= 4 is 0 Å². The normalized spacial score (nSPS) is 18.3. The Kier molecular flexibility index (Phi) is 5.23. The number of nitrogens with zero attached hydrogens (tertiary/aromatic N) is 1. The molecular formula is C16H25NO2. The molecule has 2 rings (SSSR count). The molecule has 106 valence electrons. The molecule has 1 fully saturated rings. The Balaban J connectivity index is 2.22. The summed E-state index contributed by atoms with van der Waals surface area (Å²) in [6.45, 7) is 4.52. The van der Waals surface area contributed by atoms with Crippen molar-refractivity contribution in [2.24, 2.45) is 0 Å². The minimum absolute atomic E-state index is 0.136. The van der Waals surface area contributed by atoms with Gasteiger partial charge in [0.15, 0.2) is 0 Å². The van der Waals surface area contributed by atoms with Crippen LogP contribution in [0.3, 0.4) is 0 Å². The van der Waals surface area contributed by atoms with E-state index in [4.69, 9.17) is 4.74 Å². The average molecular weight is 263 g/mol. The first kappa shape index (κ1) is 14.4. The molecule has 1 atom stereocenters. The number of benzene rings is 1. The molecule has 1 aromatic carbocycles. The van der Waals surface area contributed by atoms with E-state index in [1.54, 1.807) is 7.11 Å². The number of aliphatic hydroxyl groups is 1. The summed E-state index contributed by atoms with van der Waals surface area (Å²) in [5.74, 6) is 0.946. The molecule has 19 heavy (non-hydrogen) atoms. The van der Waals surface area contributed by atoms with Crippen LogP contribution in [-0.4, -0.2) is 36.8 Å². The van der Waals surface area contributed by atoms with E-state index < -0.39 is 0 Å². The van der Waals surface area contributed by atoms with E-state index in [1.165, 1.54) is 30.4 Å². The van der Waals surface area contributed by atoms with Crippen molar-refractivity contribution in [2.45, 2.75) is 38.6 Å². The van der Waals surface area contributed by atoms with Gasteiger partial charge >= 0.3 is 0 Å². The lowest BCUT2D eigenvalue weighted by Crippen LogP contribution is -2.35. The van der Waals surface area contributed by atoms with Crippen molar-refractivity contribution in [3.63, 3.8) is 0 Å². The van der Waals surface area contributed by atoms with Crippen molar-refractivity contribution in [3.8, 4) is 5.75 Å². The fraction of sp³-hybridized carbons (Fsp3) is 0.625. The topological polar surface area (TPSA) is 32.7 Å². The van der Waals surface area contributed by atoms with Crippen LogP contribution in [0.2, 0.25) is 0 Å². The number of aliphatic hydroxyl groups excluding tert-OH is 1. The molecule has 1 N–H and O–H groups in total. The summed E-state index contributed by atoms with van der Waals surface area (Å²) < 4.78 is 5.37. The third kappa shape index (κ3) is 3.28. The number of likely N-dealkylation sites (tertiary alicyclic amines) is 1. The summed E-state index contributed by atoms with van der Waals surface area (Å²) in [5.41, 5.74) is 2.43. The summed E-state index contributed by atoms with van der Waals surface area (Å²) in [6, 6.07) is 6.44. The van der Waals surface area contributed by atoms with Gasteiger partial charge in [0.2, 0.25) is 0 Å². The molecule has 0 radical (unpaired) electrons. The van der Waals surface area contributed by atoms with Gasteiger partial charge in [0.25, 0.3) is 0 Å². The Bertz CT molecular complexity index is 400.